The van der Waals surface area contributed by atoms with Crippen LogP contribution in [0, 0.1) is 11.6 Å². The Balaban J connectivity index is 2.46. The van der Waals surface area contributed by atoms with Crippen molar-refractivity contribution in [3.8, 4) is 0 Å². The summed E-state index contributed by atoms with van der Waals surface area (Å²) in [5.74, 6) is 4.51. The summed E-state index contributed by atoms with van der Waals surface area (Å²) in [6.45, 7) is 0. The molecular weight excluding hydrogens is 338 g/mol. The average molecular weight is 348 g/mol. The molecule has 2 nitrogen and oxygen atoms in total. The fourth-order valence-corrected chi connectivity index (χ4v) is 2.20. The van der Waals surface area contributed by atoms with Crippen molar-refractivity contribution >= 4 is 27.5 Å². The van der Waals surface area contributed by atoms with E-state index < -0.39 is 17.7 Å². The van der Waals surface area contributed by atoms with Gasteiger partial charge in [0.15, 0.2) is 0 Å². The summed E-state index contributed by atoms with van der Waals surface area (Å²) in [5, 5.41) is 0.291. The summed E-state index contributed by atoms with van der Waals surface area (Å²) in [6, 6.07) is 8.11. The molecule has 0 heterocycles. The van der Waals surface area contributed by atoms with Crippen molar-refractivity contribution < 1.29 is 8.78 Å². The monoisotopic (exact) mass is 346 g/mol. The average Bonchev–Trinajstić information content (AvgIpc) is 2.37. The first kappa shape index (κ1) is 14.4. The summed E-state index contributed by atoms with van der Waals surface area (Å²) in [5.41, 5.74) is 3.29. The fraction of sp³-hybridized carbons (Fsp3) is 0.0769. The van der Waals surface area contributed by atoms with Crippen LogP contribution in [0.2, 0.25) is 5.02 Å². The van der Waals surface area contributed by atoms with E-state index in [4.69, 9.17) is 17.4 Å². The highest BCUT2D eigenvalue weighted by Gasteiger charge is 2.18. The van der Waals surface area contributed by atoms with Crippen molar-refractivity contribution in [1.82, 2.24) is 5.43 Å². The Hall–Kier alpha value is -1.01. The van der Waals surface area contributed by atoms with E-state index in [1.165, 1.54) is 18.2 Å². The molecule has 0 aliphatic heterocycles. The molecule has 1 atom stereocenters. The van der Waals surface area contributed by atoms with Crippen molar-refractivity contribution in [2.75, 3.05) is 0 Å². The summed E-state index contributed by atoms with van der Waals surface area (Å²) < 4.78 is 27.7. The molecule has 1 unspecified atom stereocenters. The molecule has 0 aliphatic rings. The van der Waals surface area contributed by atoms with E-state index in [0.717, 1.165) is 0 Å². The van der Waals surface area contributed by atoms with Gasteiger partial charge in [-0.15, -0.1) is 0 Å². The zero-order valence-electron chi connectivity index (χ0n) is 9.63. The molecule has 0 spiro atoms. The molecular formula is C13H10BrClF2N2. The first-order valence-electron chi connectivity index (χ1n) is 5.39. The number of hydrogen-bond donors (Lipinski definition) is 2. The lowest BCUT2D eigenvalue weighted by Gasteiger charge is -2.18. The SMILES string of the molecule is NNC(c1ccc(Br)c(F)c1)c1ccc(Cl)cc1F. The highest BCUT2D eigenvalue weighted by molar-refractivity contribution is 9.10. The third kappa shape index (κ3) is 3.12. The van der Waals surface area contributed by atoms with Gasteiger partial charge in [-0.05, 0) is 45.8 Å². The number of benzene rings is 2. The van der Waals surface area contributed by atoms with Crippen molar-refractivity contribution in [2.45, 2.75) is 6.04 Å². The Morgan fingerprint density at radius 1 is 1.11 bits per heavy atom. The lowest BCUT2D eigenvalue weighted by atomic mass is 9.99. The number of rotatable bonds is 3. The Morgan fingerprint density at radius 2 is 1.84 bits per heavy atom. The predicted molar refractivity (Wildman–Crippen MR) is 74.7 cm³/mol. The van der Waals surface area contributed by atoms with E-state index in [0.29, 0.717) is 20.6 Å². The maximum atomic E-state index is 13.9. The number of nitrogens with two attached hydrogens (primary N) is 1. The van der Waals surface area contributed by atoms with E-state index in [9.17, 15) is 8.78 Å². The van der Waals surface area contributed by atoms with Crippen LogP contribution in [0.1, 0.15) is 17.2 Å². The van der Waals surface area contributed by atoms with Crippen LogP contribution in [0.4, 0.5) is 8.78 Å². The fourth-order valence-electron chi connectivity index (χ4n) is 1.79. The largest absolute Gasteiger partial charge is 0.271 e. The number of nitrogens with one attached hydrogen (secondary N) is 1. The number of hydrazine groups is 1. The molecule has 19 heavy (non-hydrogen) atoms. The number of hydrogen-bond acceptors (Lipinski definition) is 2. The van der Waals surface area contributed by atoms with Crippen LogP contribution in [0.5, 0.6) is 0 Å². The van der Waals surface area contributed by atoms with Gasteiger partial charge in [0.2, 0.25) is 0 Å². The van der Waals surface area contributed by atoms with Crippen molar-refractivity contribution in [3.63, 3.8) is 0 Å². The Morgan fingerprint density at radius 3 is 2.42 bits per heavy atom. The van der Waals surface area contributed by atoms with Gasteiger partial charge in [0.25, 0.3) is 0 Å². The van der Waals surface area contributed by atoms with Gasteiger partial charge in [-0.1, -0.05) is 23.7 Å². The summed E-state index contributed by atoms with van der Waals surface area (Å²) in [4.78, 5) is 0. The quantitative estimate of drug-likeness (QED) is 0.652. The van der Waals surface area contributed by atoms with E-state index in [1.807, 2.05) is 0 Å². The minimum Gasteiger partial charge on any atom is -0.271 e. The lowest BCUT2D eigenvalue weighted by Crippen LogP contribution is -2.29. The van der Waals surface area contributed by atoms with Crippen molar-refractivity contribution in [3.05, 3.63) is 68.7 Å². The normalized spacial score (nSPS) is 12.5. The van der Waals surface area contributed by atoms with Crippen LogP contribution in [-0.4, -0.2) is 0 Å². The molecule has 0 amide bonds. The molecule has 0 saturated heterocycles. The molecule has 0 aromatic heterocycles. The van der Waals surface area contributed by atoms with Crippen LogP contribution >= 0.6 is 27.5 Å². The molecule has 100 valence electrons. The van der Waals surface area contributed by atoms with Crippen molar-refractivity contribution in [2.24, 2.45) is 5.84 Å². The number of halogens is 4. The van der Waals surface area contributed by atoms with Gasteiger partial charge < -0.3 is 0 Å². The third-order valence-electron chi connectivity index (χ3n) is 2.72. The first-order chi connectivity index (χ1) is 9.02. The van der Waals surface area contributed by atoms with E-state index >= 15 is 0 Å². The van der Waals surface area contributed by atoms with Gasteiger partial charge in [0.1, 0.15) is 11.6 Å². The molecule has 0 bridgehead atoms. The smallest absolute Gasteiger partial charge is 0.137 e. The first-order valence-corrected chi connectivity index (χ1v) is 6.56. The second kappa shape index (κ2) is 5.96. The topological polar surface area (TPSA) is 38.0 Å². The molecule has 0 radical (unpaired) electrons. The minimum atomic E-state index is -0.653. The molecule has 2 rings (SSSR count). The summed E-state index contributed by atoms with van der Waals surface area (Å²) >= 11 is 8.76. The zero-order valence-corrected chi connectivity index (χ0v) is 12.0. The van der Waals surface area contributed by atoms with Crippen LogP contribution in [-0.2, 0) is 0 Å². The van der Waals surface area contributed by atoms with Crippen molar-refractivity contribution in [1.29, 1.82) is 0 Å². The van der Waals surface area contributed by atoms with E-state index in [1.54, 1.807) is 18.2 Å². The Bertz CT molecular complexity index is 607. The molecule has 3 N–H and O–H groups in total. The van der Waals surface area contributed by atoms with Crippen LogP contribution in [0.25, 0.3) is 0 Å². The third-order valence-corrected chi connectivity index (χ3v) is 3.60. The highest BCUT2D eigenvalue weighted by Crippen LogP contribution is 2.28. The molecule has 2 aromatic rings. The predicted octanol–water partition coefficient (Wildman–Crippen LogP) is 3.93. The summed E-state index contributed by atoms with van der Waals surface area (Å²) in [7, 11) is 0. The van der Waals surface area contributed by atoms with Crippen LogP contribution in [0.15, 0.2) is 40.9 Å². The van der Waals surface area contributed by atoms with Gasteiger partial charge in [-0.25, -0.2) is 14.2 Å². The maximum Gasteiger partial charge on any atom is 0.137 e. The van der Waals surface area contributed by atoms with E-state index in [-0.39, 0.29) is 0 Å². The van der Waals surface area contributed by atoms with Gasteiger partial charge >= 0.3 is 0 Å². The standard InChI is InChI=1S/C13H10BrClF2N2/c14-10-4-1-7(5-12(10)17)13(19-18)9-3-2-8(15)6-11(9)16/h1-6,13,19H,18H2. The zero-order chi connectivity index (χ0) is 14.0. The lowest BCUT2D eigenvalue weighted by molar-refractivity contribution is 0.555. The molecule has 6 heteroatoms. The van der Waals surface area contributed by atoms with Crippen LogP contribution < -0.4 is 11.3 Å². The van der Waals surface area contributed by atoms with Gasteiger partial charge in [-0.2, -0.15) is 0 Å². The molecule has 0 fully saturated rings. The second-order valence-corrected chi connectivity index (χ2v) is 5.23. The minimum absolute atomic E-state index is 0.291. The Labute approximate surface area is 122 Å². The second-order valence-electron chi connectivity index (χ2n) is 3.94. The molecule has 2 aromatic carbocycles. The summed E-state index contributed by atoms with van der Waals surface area (Å²) in [6.07, 6.45) is 0. The van der Waals surface area contributed by atoms with Gasteiger partial charge in [0, 0.05) is 10.6 Å². The van der Waals surface area contributed by atoms with Gasteiger partial charge in [0.05, 0.1) is 10.5 Å². The van der Waals surface area contributed by atoms with Gasteiger partial charge in [-0.3, -0.25) is 5.84 Å². The van der Waals surface area contributed by atoms with E-state index in [2.05, 4.69) is 21.4 Å². The highest BCUT2D eigenvalue weighted by atomic mass is 79.9. The Kier molecular flexibility index (Phi) is 4.52. The molecule has 0 aliphatic carbocycles. The maximum absolute atomic E-state index is 13.9. The molecule has 0 saturated carbocycles. The van der Waals surface area contributed by atoms with Crippen LogP contribution in [0.3, 0.4) is 0 Å².